The lowest BCUT2D eigenvalue weighted by Gasteiger charge is -2.06. The van der Waals surface area contributed by atoms with Gasteiger partial charge < -0.3 is 9.47 Å². The first-order valence-electron chi connectivity index (χ1n) is 6.42. The molecule has 1 aromatic carbocycles. The molecule has 0 aliphatic rings. The maximum absolute atomic E-state index is 11.3. The molecule has 2 rings (SSSR count). The second-order valence-corrected chi connectivity index (χ2v) is 4.48. The fourth-order valence-electron chi connectivity index (χ4n) is 1.80. The van der Waals surface area contributed by atoms with E-state index in [1.165, 1.54) is 7.11 Å². The minimum Gasteiger partial charge on any atom is -0.483 e. The monoisotopic (exact) mass is 272 g/mol. The van der Waals surface area contributed by atoms with Crippen LogP contribution in [-0.4, -0.2) is 13.1 Å². The molecule has 0 N–H and O–H groups in total. The Morgan fingerprint density at radius 3 is 2.60 bits per heavy atom. The molecule has 0 saturated heterocycles. The van der Waals surface area contributed by atoms with Crippen LogP contribution in [0, 0.1) is 6.92 Å². The molecule has 4 nitrogen and oxygen atoms in total. The molecule has 0 amide bonds. The Morgan fingerprint density at radius 1 is 1.15 bits per heavy atom. The highest BCUT2D eigenvalue weighted by Crippen LogP contribution is 2.10. The van der Waals surface area contributed by atoms with E-state index in [0.717, 1.165) is 17.0 Å². The molecule has 0 radical (unpaired) electrons. The van der Waals surface area contributed by atoms with E-state index in [4.69, 9.17) is 4.74 Å². The molecule has 0 saturated carbocycles. The van der Waals surface area contributed by atoms with Crippen LogP contribution in [0.5, 0.6) is 5.75 Å². The van der Waals surface area contributed by atoms with Crippen molar-refractivity contribution in [1.82, 2.24) is 0 Å². The van der Waals surface area contributed by atoms with E-state index in [1.54, 1.807) is 0 Å². The molecule has 0 unspecified atom stereocenters. The van der Waals surface area contributed by atoms with Gasteiger partial charge in [0, 0.05) is 13.0 Å². The maximum atomic E-state index is 11.3. The number of hydrogen-bond donors (Lipinski definition) is 0. The van der Waals surface area contributed by atoms with Gasteiger partial charge >= 0.3 is 5.97 Å². The standard InChI is InChI=1S/C16H18NO3/c1-13-8-9-15(10-17(13)11-16(18)19-2)20-12-14-6-4-3-5-7-14/h3-10H,11-12H2,1-2H3/q+1. The molecular weight excluding hydrogens is 254 g/mol. The number of rotatable bonds is 5. The van der Waals surface area contributed by atoms with Gasteiger partial charge in [-0.3, -0.25) is 0 Å². The Morgan fingerprint density at radius 2 is 1.90 bits per heavy atom. The number of benzene rings is 1. The van der Waals surface area contributed by atoms with Crippen LogP contribution in [0.15, 0.2) is 48.7 Å². The Bertz CT molecular complexity index is 582. The minimum atomic E-state index is -0.279. The number of carbonyl (C=O) groups excluding carboxylic acids is 1. The van der Waals surface area contributed by atoms with Crippen LogP contribution in [0.3, 0.4) is 0 Å². The van der Waals surface area contributed by atoms with Crippen molar-refractivity contribution in [3.05, 3.63) is 59.9 Å². The van der Waals surface area contributed by atoms with Crippen LogP contribution in [0.25, 0.3) is 0 Å². The van der Waals surface area contributed by atoms with E-state index in [2.05, 4.69) is 4.74 Å². The quantitative estimate of drug-likeness (QED) is 0.617. The van der Waals surface area contributed by atoms with Gasteiger partial charge in [0.15, 0.2) is 11.4 Å². The first-order valence-corrected chi connectivity index (χ1v) is 6.42. The Hall–Kier alpha value is -2.36. The molecule has 0 spiro atoms. The molecule has 1 aromatic heterocycles. The maximum Gasteiger partial charge on any atom is 0.372 e. The van der Waals surface area contributed by atoms with Gasteiger partial charge in [0.05, 0.1) is 7.11 Å². The second kappa shape index (κ2) is 6.70. The first kappa shape index (κ1) is 14.1. The van der Waals surface area contributed by atoms with Crippen molar-refractivity contribution in [2.24, 2.45) is 0 Å². The highest BCUT2D eigenvalue weighted by atomic mass is 16.5. The number of pyridine rings is 1. The van der Waals surface area contributed by atoms with Gasteiger partial charge in [-0.1, -0.05) is 30.3 Å². The predicted octanol–water partition coefficient (Wildman–Crippen LogP) is 2.03. The van der Waals surface area contributed by atoms with Crippen molar-refractivity contribution < 1.29 is 18.8 Å². The lowest BCUT2D eigenvalue weighted by molar-refractivity contribution is -0.692. The lowest BCUT2D eigenvalue weighted by Crippen LogP contribution is -2.41. The molecule has 4 heteroatoms. The van der Waals surface area contributed by atoms with E-state index >= 15 is 0 Å². The third-order valence-corrected chi connectivity index (χ3v) is 3.00. The molecule has 20 heavy (non-hydrogen) atoms. The summed E-state index contributed by atoms with van der Waals surface area (Å²) in [5.74, 6) is 0.446. The van der Waals surface area contributed by atoms with Crippen LogP contribution in [0.2, 0.25) is 0 Å². The van der Waals surface area contributed by atoms with Crippen LogP contribution in [-0.2, 0) is 22.7 Å². The number of carbonyl (C=O) groups is 1. The zero-order valence-electron chi connectivity index (χ0n) is 11.7. The minimum absolute atomic E-state index is 0.185. The molecule has 0 atom stereocenters. The predicted molar refractivity (Wildman–Crippen MR) is 74.2 cm³/mol. The molecule has 2 aromatic rings. The summed E-state index contributed by atoms with van der Waals surface area (Å²) < 4.78 is 12.2. The summed E-state index contributed by atoms with van der Waals surface area (Å²) in [7, 11) is 1.38. The summed E-state index contributed by atoms with van der Waals surface area (Å²) in [6.07, 6.45) is 1.81. The molecule has 1 heterocycles. The number of nitrogens with zero attached hydrogens (tertiary/aromatic N) is 1. The van der Waals surface area contributed by atoms with Crippen LogP contribution < -0.4 is 9.30 Å². The number of esters is 1. The molecular formula is C16H18NO3+. The van der Waals surface area contributed by atoms with Crippen LogP contribution in [0.1, 0.15) is 11.3 Å². The lowest BCUT2D eigenvalue weighted by atomic mass is 10.2. The molecule has 0 bridgehead atoms. The topological polar surface area (TPSA) is 39.4 Å². The fourth-order valence-corrected chi connectivity index (χ4v) is 1.80. The van der Waals surface area contributed by atoms with Crippen molar-refractivity contribution in [2.45, 2.75) is 20.1 Å². The summed E-state index contributed by atoms with van der Waals surface area (Å²) in [5, 5.41) is 0. The molecule has 0 aliphatic carbocycles. The smallest absolute Gasteiger partial charge is 0.372 e. The Labute approximate surface area is 118 Å². The van der Waals surface area contributed by atoms with Crippen LogP contribution in [0.4, 0.5) is 0 Å². The van der Waals surface area contributed by atoms with Gasteiger partial charge in [-0.15, -0.1) is 0 Å². The Balaban J connectivity index is 2.05. The van der Waals surface area contributed by atoms with Gasteiger partial charge in [-0.25, -0.2) is 4.79 Å². The fraction of sp³-hybridized carbons (Fsp3) is 0.250. The van der Waals surface area contributed by atoms with Crippen molar-refractivity contribution in [3.8, 4) is 5.75 Å². The van der Waals surface area contributed by atoms with Crippen molar-refractivity contribution in [3.63, 3.8) is 0 Å². The van der Waals surface area contributed by atoms with Gasteiger partial charge in [-0.05, 0) is 11.6 Å². The van der Waals surface area contributed by atoms with E-state index in [-0.39, 0.29) is 12.5 Å². The number of ether oxygens (including phenoxy) is 2. The van der Waals surface area contributed by atoms with Crippen molar-refractivity contribution in [2.75, 3.05) is 7.11 Å². The van der Waals surface area contributed by atoms with Gasteiger partial charge in [-0.2, -0.15) is 4.57 Å². The van der Waals surface area contributed by atoms with Gasteiger partial charge in [0.1, 0.15) is 6.61 Å². The second-order valence-electron chi connectivity index (χ2n) is 4.48. The normalized spacial score (nSPS) is 10.1. The third-order valence-electron chi connectivity index (χ3n) is 3.00. The Kier molecular flexibility index (Phi) is 4.71. The number of hydrogen-bond acceptors (Lipinski definition) is 3. The van der Waals surface area contributed by atoms with E-state index < -0.39 is 0 Å². The molecule has 0 aliphatic heterocycles. The largest absolute Gasteiger partial charge is 0.483 e. The molecule has 104 valence electrons. The number of aryl methyl sites for hydroxylation is 1. The number of aromatic nitrogens is 1. The molecule has 0 fully saturated rings. The van der Waals surface area contributed by atoms with Crippen molar-refractivity contribution >= 4 is 5.97 Å². The van der Waals surface area contributed by atoms with Crippen molar-refractivity contribution in [1.29, 1.82) is 0 Å². The first-order chi connectivity index (χ1) is 9.69. The number of methoxy groups -OCH3 is 1. The zero-order chi connectivity index (χ0) is 14.4. The highest BCUT2D eigenvalue weighted by molar-refractivity contribution is 5.67. The third kappa shape index (κ3) is 3.82. The highest BCUT2D eigenvalue weighted by Gasteiger charge is 2.14. The summed E-state index contributed by atoms with van der Waals surface area (Å²) in [6, 6.07) is 13.8. The van der Waals surface area contributed by atoms with Gasteiger partial charge in [0.25, 0.3) is 0 Å². The average Bonchev–Trinajstić information content (AvgIpc) is 2.49. The summed E-state index contributed by atoms with van der Waals surface area (Å²) in [4.78, 5) is 11.3. The summed E-state index contributed by atoms with van der Waals surface area (Å²) >= 11 is 0. The average molecular weight is 272 g/mol. The van der Waals surface area contributed by atoms with E-state index in [0.29, 0.717) is 6.61 Å². The van der Waals surface area contributed by atoms with Gasteiger partial charge in [0.2, 0.25) is 12.7 Å². The van der Waals surface area contributed by atoms with E-state index in [9.17, 15) is 4.79 Å². The zero-order valence-corrected chi connectivity index (χ0v) is 11.7. The summed E-state index contributed by atoms with van der Waals surface area (Å²) in [5.41, 5.74) is 2.08. The van der Waals surface area contributed by atoms with Crippen LogP contribution >= 0.6 is 0 Å². The van der Waals surface area contributed by atoms with E-state index in [1.807, 2.05) is 60.2 Å². The summed E-state index contributed by atoms with van der Waals surface area (Å²) in [6.45, 7) is 2.62. The SMILES string of the molecule is COC(=O)C[n+]1cc(OCc2ccccc2)ccc1C.